The van der Waals surface area contributed by atoms with Crippen molar-refractivity contribution in [3.05, 3.63) is 70.2 Å². The molecular formula is C14H10ClNO. The van der Waals surface area contributed by atoms with Crippen LogP contribution < -0.4 is 5.32 Å². The van der Waals surface area contributed by atoms with Crippen LogP contribution in [0.15, 0.2) is 48.5 Å². The van der Waals surface area contributed by atoms with Crippen molar-refractivity contribution in [1.29, 1.82) is 0 Å². The highest BCUT2D eigenvalue weighted by Crippen LogP contribution is 2.32. The van der Waals surface area contributed by atoms with E-state index in [9.17, 15) is 4.79 Å². The van der Waals surface area contributed by atoms with Gasteiger partial charge in [-0.25, -0.2) is 0 Å². The predicted octanol–water partition coefficient (Wildman–Crippen LogP) is 3.17. The minimum atomic E-state index is -0.0593. The van der Waals surface area contributed by atoms with Gasteiger partial charge in [-0.2, -0.15) is 0 Å². The second kappa shape index (κ2) is 3.90. The molecular weight excluding hydrogens is 234 g/mol. The molecule has 17 heavy (non-hydrogen) atoms. The molecule has 2 aromatic carbocycles. The molecule has 84 valence electrons. The van der Waals surface area contributed by atoms with Gasteiger partial charge in [0, 0.05) is 10.6 Å². The molecule has 1 N–H and O–H groups in total. The highest BCUT2D eigenvalue weighted by atomic mass is 35.5. The summed E-state index contributed by atoms with van der Waals surface area (Å²) >= 11 is 5.90. The summed E-state index contributed by atoms with van der Waals surface area (Å²) in [5.74, 6) is -0.0589. The number of benzene rings is 2. The number of amides is 1. The lowest BCUT2D eigenvalue weighted by atomic mass is 9.99. The van der Waals surface area contributed by atoms with E-state index in [0.717, 1.165) is 11.1 Å². The Morgan fingerprint density at radius 2 is 1.82 bits per heavy atom. The van der Waals surface area contributed by atoms with Crippen LogP contribution in [-0.2, 0) is 0 Å². The predicted molar refractivity (Wildman–Crippen MR) is 67.2 cm³/mol. The van der Waals surface area contributed by atoms with Gasteiger partial charge in [-0.05, 0) is 23.3 Å². The van der Waals surface area contributed by atoms with Crippen LogP contribution in [0.5, 0.6) is 0 Å². The highest BCUT2D eigenvalue weighted by molar-refractivity contribution is 6.31. The quantitative estimate of drug-likeness (QED) is 0.819. The van der Waals surface area contributed by atoms with Crippen LogP contribution >= 0.6 is 11.6 Å². The Morgan fingerprint density at radius 1 is 1.06 bits per heavy atom. The fourth-order valence-electron chi connectivity index (χ4n) is 2.17. The van der Waals surface area contributed by atoms with E-state index in [4.69, 9.17) is 11.6 Å². The van der Waals surface area contributed by atoms with E-state index >= 15 is 0 Å². The Hall–Kier alpha value is -1.80. The molecule has 1 amide bonds. The van der Waals surface area contributed by atoms with Crippen molar-refractivity contribution in [1.82, 2.24) is 5.32 Å². The largest absolute Gasteiger partial charge is 0.341 e. The third-order valence-electron chi connectivity index (χ3n) is 2.98. The summed E-state index contributed by atoms with van der Waals surface area (Å²) in [6.07, 6.45) is 0. The first-order valence-electron chi connectivity index (χ1n) is 5.41. The van der Waals surface area contributed by atoms with Crippen LogP contribution in [0.1, 0.15) is 27.5 Å². The topological polar surface area (TPSA) is 29.1 Å². The monoisotopic (exact) mass is 243 g/mol. The molecule has 0 radical (unpaired) electrons. The van der Waals surface area contributed by atoms with E-state index < -0.39 is 0 Å². The maximum absolute atomic E-state index is 11.8. The van der Waals surface area contributed by atoms with E-state index in [1.807, 2.05) is 42.5 Å². The Bertz CT molecular complexity index is 580. The van der Waals surface area contributed by atoms with Crippen LogP contribution in [0.3, 0.4) is 0 Å². The van der Waals surface area contributed by atoms with Crippen molar-refractivity contribution in [2.24, 2.45) is 0 Å². The van der Waals surface area contributed by atoms with Gasteiger partial charge in [0.05, 0.1) is 6.04 Å². The van der Waals surface area contributed by atoms with Gasteiger partial charge in [-0.3, -0.25) is 4.79 Å². The summed E-state index contributed by atoms with van der Waals surface area (Å²) in [6, 6.07) is 15.3. The molecule has 0 unspecified atom stereocenters. The van der Waals surface area contributed by atoms with Gasteiger partial charge in [0.1, 0.15) is 0 Å². The lowest BCUT2D eigenvalue weighted by Crippen LogP contribution is -2.19. The summed E-state index contributed by atoms with van der Waals surface area (Å²) in [4.78, 5) is 11.8. The second-order valence-electron chi connectivity index (χ2n) is 4.05. The summed E-state index contributed by atoms with van der Waals surface area (Å²) in [7, 11) is 0. The van der Waals surface area contributed by atoms with Crippen LogP contribution in [-0.4, -0.2) is 5.91 Å². The van der Waals surface area contributed by atoms with Gasteiger partial charge in [0.25, 0.3) is 5.91 Å². The molecule has 0 spiro atoms. The first-order valence-corrected chi connectivity index (χ1v) is 5.79. The molecule has 0 aliphatic carbocycles. The fraction of sp³-hybridized carbons (Fsp3) is 0.0714. The van der Waals surface area contributed by atoms with Gasteiger partial charge in [-0.15, -0.1) is 0 Å². The van der Waals surface area contributed by atoms with Crippen LogP contribution in [0, 0.1) is 0 Å². The average molecular weight is 244 g/mol. The highest BCUT2D eigenvalue weighted by Gasteiger charge is 2.29. The summed E-state index contributed by atoms with van der Waals surface area (Å²) in [5, 5.41) is 3.56. The zero-order valence-electron chi connectivity index (χ0n) is 8.98. The third-order valence-corrected chi connectivity index (χ3v) is 3.21. The lowest BCUT2D eigenvalue weighted by Gasteiger charge is -2.11. The smallest absolute Gasteiger partial charge is 0.252 e. The van der Waals surface area contributed by atoms with E-state index in [-0.39, 0.29) is 11.9 Å². The van der Waals surface area contributed by atoms with Gasteiger partial charge in [0.15, 0.2) is 0 Å². The number of halogens is 1. The van der Waals surface area contributed by atoms with E-state index in [1.165, 1.54) is 0 Å². The minimum absolute atomic E-state index is 0.0589. The molecule has 3 rings (SSSR count). The van der Waals surface area contributed by atoms with Crippen molar-refractivity contribution in [2.75, 3.05) is 0 Å². The molecule has 0 saturated heterocycles. The molecule has 1 aliphatic rings. The van der Waals surface area contributed by atoms with Crippen molar-refractivity contribution in [2.45, 2.75) is 6.04 Å². The van der Waals surface area contributed by atoms with E-state index in [1.54, 1.807) is 6.07 Å². The average Bonchev–Trinajstić information content (AvgIpc) is 2.68. The number of fused-ring (bicyclic) bond motifs is 1. The van der Waals surface area contributed by atoms with Crippen molar-refractivity contribution in [3.8, 4) is 0 Å². The Balaban J connectivity index is 2.11. The number of hydrogen-bond acceptors (Lipinski definition) is 1. The van der Waals surface area contributed by atoms with Crippen molar-refractivity contribution < 1.29 is 4.79 Å². The molecule has 3 heteroatoms. The molecule has 0 saturated carbocycles. The first-order chi connectivity index (χ1) is 8.25. The maximum Gasteiger partial charge on any atom is 0.252 e. The fourth-order valence-corrected chi connectivity index (χ4v) is 2.34. The zero-order chi connectivity index (χ0) is 11.8. The third kappa shape index (κ3) is 1.71. The zero-order valence-corrected chi connectivity index (χ0v) is 9.74. The molecule has 2 nitrogen and oxygen atoms in total. The molecule has 2 aromatic rings. The Morgan fingerprint density at radius 3 is 2.59 bits per heavy atom. The minimum Gasteiger partial charge on any atom is -0.341 e. The summed E-state index contributed by atoms with van der Waals surface area (Å²) in [5.41, 5.74) is 2.75. The number of carbonyl (C=O) groups is 1. The van der Waals surface area contributed by atoms with Crippen LogP contribution in [0.4, 0.5) is 0 Å². The molecule has 1 aliphatic heterocycles. The first kappa shape index (κ1) is 10.4. The molecule has 0 fully saturated rings. The molecule has 0 aromatic heterocycles. The van der Waals surface area contributed by atoms with E-state index in [2.05, 4.69) is 5.32 Å². The van der Waals surface area contributed by atoms with Crippen molar-refractivity contribution in [3.63, 3.8) is 0 Å². The Labute approximate surface area is 104 Å². The SMILES string of the molecule is O=C1N[C@H](c2ccccc2)c2ccc(Cl)cc21. The lowest BCUT2D eigenvalue weighted by molar-refractivity contribution is 0.0960. The molecule has 0 bridgehead atoms. The summed E-state index contributed by atoms with van der Waals surface area (Å²) < 4.78 is 0. The maximum atomic E-state index is 11.8. The number of rotatable bonds is 1. The van der Waals surface area contributed by atoms with Crippen LogP contribution in [0.25, 0.3) is 0 Å². The standard InChI is InChI=1S/C14H10ClNO/c15-10-6-7-11-12(8-10)14(17)16-13(11)9-4-2-1-3-5-9/h1-8,13H,(H,16,17)/t13-/m1/s1. The van der Waals surface area contributed by atoms with Gasteiger partial charge in [0.2, 0.25) is 0 Å². The normalized spacial score (nSPS) is 17.7. The van der Waals surface area contributed by atoms with Crippen molar-refractivity contribution >= 4 is 17.5 Å². The number of carbonyl (C=O) groups excluding carboxylic acids is 1. The van der Waals surface area contributed by atoms with Gasteiger partial charge < -0.3 is 5.32 Å². The van der Waals surface area contributed by atoms with E-state index in [0.29, 0.717) is 10.6 Å². The number of hydrogen-bond donors (Lipinski definition) is 1. The van der Waals surface area contributed by atoms with Gasteiger partial charge >= 0.3 is 0 Å². The molecule has 1 heterocycles. The number of nitrogens with one attached hydrogen (secondary N) is 1. The summed E-state index contributed by atoms with van der Waals surface area (Å²) in [6.45, 7) is 0. The van der Waals surface area contributed by atoms with Gasteiger partial charge in [-0.1, -0.05) is 48.0 Å². The second-order valence-corrected chi connectivity index (χ2v) is 4.49. The van der Waals surface area contributed by atoms with Crippen LogP contribution in [0.2, 0.25) is 5.02 Å². The molecule has 1 atom stereocenters. The Kier molecular flexibility index (Phi) is 2.37.